The molecule has 1 N–H and O–H groups in total. The summed E-state index contributed by atoms with van der Waals surface area (Å²) in [6, 6.07) is 14.1. The topological polar surface area (TPSA) is 65.8 Å². The maximum absolute atomic E-state index is 11.9. The van der Waals surface area contributed by atoms with Crippen molar-refractivity contribution in [2.45, 2.75) is 32.7 Å². The van der Waals surface area contributed by atoms with Crippen LogP contribution >= 0.6 is 0 Å². The molecule has 0 spiro atoms. The number of amides is 1. The fourth-order valence-electron chi connectivity index (χ4n) is 4.77. The van der Waals surface area contributed by atoms with Crippen LogP contribution in [0.4, 0.5) is 0 Å². The van der Waals surface area contributed by atoms with Crippen LogP contribution in [0.2, 0.25) is 0 Å². The Kier molecular flexibility index (Phi) is 5.00. The van der Waals surface area contributed by atoms with Crippen molar-refractivity contribution in [2.75, 3.05) is 0 Å². The van der Waals surface area contributed by atoms with Crippen molar-refractivity contribution in [3.05, 3.63) is 59.9 Å². The molecule has 28 heavy (non-hydrogen) atoms. The van der Waals surface area contributed by atoms with Crippen LogP contribution in [-0.2, 0) is 4.79 Å². The standard InChI is InChI=1S/C24H25N3O/c1-15-11-23-22(12-24(28)27-23)20(16(15)2)10-9-19-8-7-18(14-26-19)21-6-4-3-5-17(21)13-25/h3-10,14-16,20,22-23H,11-12H2,1-2H3,(H,27,28)/t15-,16+,20-,22+,23-/m0/s1. The zero-order valence-corrected chi connectivity index (χ0v) is 16.3. The SMILES string of the molecule is C[C@H]1[C@H](C=Cc2ccc(-c3ccccc3C#N)cn2)[C@H]2CC(=O)N[C@H]2C[C@@H]1C. The Hall–Kier alpha value is -2.93. The van der Waals surface area contributed by atoms with Crippen LogP contribution in [0.3, 0.4) is 0 Å². The number of hydrogen-bond acceptors (Lipinski definition) is 3. The van der Waals surface area contributed by atoms with E-state index >= 15 is 0 Å². The molecule has 4 nitrogen and oxygen atoms in total. The van der Waals surface area contributed by atoms with E-state index in [4.69, 9.17) is 0 Å². The highest BCUT2D eigenvalue weighted by atomic mass is 16.2. The van der Waals surface area contributed by atoms with Gasteiger partial charge < -0.3 is 5.32 Å². The highest BCUT2D eigenvalue weighted by Gasteiger charge is 2.44. The van der Waals surface area contributed by atoms with Gasteiger partial charge >= 0.3 is 0 Å². The highest BCUT2D eigenvalue weighted by molar-refractivity contribution is 5.79. The van der Waals surface area contributed by atoms with Crippen LogP contribution in [0, 0.1) is 35.0 Å². The number of nitrogens with zero attached hydrogens (tertiary/aromatic N) is 2. The van der Waals surface area contributed by atoms with E-state index < -0.39 is 0 Å². The lowest BCUT2D eigenvalue weighted by Crippen LogP contribution is -2.42. The zero-order valence-electron chi connectivity index (χ0n) is 16.3. The smallest absolute Gasteiger partial charge is 0.220 e. The van der Waals surface area contributed by atoms with Crippen molar-refractivity contribution >= 4 is 12.0 Å². The van der Waals surface area contributed by atoms with Gasteiger partial charge in [0.15, 0.2) is 0 Å². The average molecular weight is 371 g/mol. The Morgan fingerprint density at radius 1 is 1.21 bits per heavy atom. The van der Waals surface area contributed by atoms with Crippen LogP contribution in [0.15, 0.2) is 48.7 Å². The number of allylic oxidation sites excluding steroid dienone is 1. The molecule has 1 aromatic carbocycles. The number of hydrogen-bond donors (Lipinski definition) is 1. The van der Waals surface area contributed by atoms with Crippen LogP contribution in [-0.4, -0.2) is 16.9 Å². The molecule has 4 rings (SSSR count). The van der Waals surface area contributed by atoms with Crippen LogP contribution < -0.4 is 5.32 Å². The Bertz CT molecular complexity index is 941. The van der Waals surface area contributed by atoms with Gasteiger partial charge in [0.25, 0.3) is 0 Å². The van der Waals surface area contributed by atoms with Crippen LogP contribution in [0.25, 0.3) is 17.2 Å². The summed E-state index contributed by atoms with van der Waals surface area (Å²) in [5, 5.41) is 12.4. The Labute approximate surface area is 166 Å². The monoisotopic (exact) mass is 371 g/mol. The molecule has 1 aliphatic carbocycles. The van der Waals surface area contributed by atoms with Crippen molar-refractivity contribution < 1.29 is 4.79 Å². The summed E-state index contributed by atoms with van der Waals surface area (Å²) in [7, 11) is 0. The van der Waals surface area contributed by atoms with Crippen LogP contribution in [0.5, 0.6) is 0 Å². The fraction of sp³-hybridized carbons (Fsp3) is 0.375. The summed E-state index contributed by atoms with van der Waals surface area (Å²) in [5.74, 6) is 2.10. The summed E-state index contributed by atoms with van der Waals surface area (Å²) < 4.78 is 0. The van der Waals surface area contributed by atoms with E-state index in [1.807, 2.05) is 42.6 Å². The Balaban J connectivity index is 1.54. The lowest BCUT2D eigenvalue weighted by Gasteiger charge is -2.40. The maximum Gasteiger partial charge on any atom is 0.220 e. The molecule has 1 aliphatic heterocycles. The number of fused-ring (bicyclic) bond motifs is 1. The number of nitrogens with one attached hydrogen (secondary N) is 1. The molecule has 0 bridgehead atoms. The third-order valence-electron chi connectivity index (χ3n) is 6.54. The molecule has 4 heteroatoms. The van der Waals surface area contributed by atoms with E-state index in [9.17, 15) is 10.1 Å². The third-order valence-corrected chi connectivity index (χ3v) is 6.54. The lowest BCUT2D eigenvalue weighted by atomic mass is 9.66. The third kappa shape index (κ3) is 3.45. The van der Waals surface area contributed by atoms with E-state index in [0.717, 1.165) is 23.2 Å². The van der Waals surface area contributed by atoms with Gasteiger partial charge in [0, 0.05) is 29.8 Å². The molecule has 1 saturated heterocycles. The van der Waals surface area contributed by atoms with Gasteiger partial charge in [0.05, 0.1) is 17.3 Å². The van der Waals surface area contributed by atoms with Gasteiger partial charge in [-0.1, -0.05) is 44.2 Å². The molecule has 2 aliphatic rings. The Morgan fingerprint density at radius 2 is 2.04 bits per heavy atom. The first-order valence-electron chi connectivity index (χ1n) is 10.00. The molecular weight excluding hydrogens is 346 g/mol. The summed E-state index contributed by atoms with van der Waals surface area (Å²) in [6.45, 7) is 4.58. The molecular formula is C24H25N3O. The van der Waals surface area contributed by atoms with Crippen LogP contribution in [0.1, 0.15) is 37.9 Å². The molecule has 1 saturated carbocycles. The van der Waals surface area contributed by atoms with Gasteiger partial charge in [0.2, 0.25) is 5.91 Å². The van der Waals surface area contributed by atoms with Gasteiger partial charge in [-0.2, -0.15) is 5.26 Å². The number of carbonyl (C=O) groups excluding carboxylic acids is 1. The van der Waals surface area contributed by atoms with Gasteiger partial charge in [-0.15, -0.1) is 0 Å². The van der Waals surface area contributed by atoms with Gasteiger partial charge in [-0.05, 0) is 48.3 Å². The van der Waals surface area contributed by atoms with Crippen molar-refractivity contribution in [1.82, 2.24) is 10.3 Å². The minimum atomic E-state index is 0.188. The van der Waals surface area contributed by atoms with Crippen molar-refractivity contribution in [3.8, 4) is 17.2 Å². The lowest BCUT2D eigenvalue weighted by molar-refractivity contribution is -0.119. The second-order valence-electron chi connectivity index (χ2n) is 8.18. The predicted octanol–water partition coefficient (Wildman–Crippen LogP) is 4.43. The predicted molar refractivity (Wildman–Crippen MR) is 110 cm³/mol. The van der Waals surface area contributed by atoms with E-state index in [1.54, 1.807) is 0 Å². The van der Waals surface area contributed by atoms with E-state index in [-0.39, 0.29) is 5.91 Å². The number of nitriles is 1. The molecule has 2 fully saturated rings. The molecule has 1 aromatic heterocycles. The first-order chi connectivity index (χ1) is 13.6. The highest BCUT2D eigenvalue weighted by Crippen LogP contribution is 2.43. The summed E-state index contributed by atoms with van der Waals surface area (Å²) >= 11 is 0. The molecule has 1 amide bonds. The number of rotatable bonds is 3. The number of aromatic nitrogens is 1. The number of benzene rings is 1. The fourth-order valence-corrected chi connectivity index (χ4v) is 4.77. The first-order valence-corrected chi connectivity index (χ1v) is 10.00. The van der Waals surface area contributed by atoms with E-state index in [2.05, 4.69) is 42.4 Å². The van der Waals surface area contributed by atoms with Crippen molar-refractivity contribution in [3.63, 3.8) is 0 Å². The molecule has 2 heterocycles. The normalized spacial score (nSPS) is 29.3. The van der Waals surface area contributed by atoms with Crippen molar-refractivity contribution in [1.29, 1.82) is 5.26 Å². The summed E-state index contributed by atoms with van der Waals surface area (Å²) in [5.41, 5.74) is 3.40. The molecule has 142 valence electrons. The molecule has 5 atom stereocenters. The first kappa shape index (κ1) is 18.4. The second-order valence-corrected chi connectivity index (χ2v) is 8.18. The van der Waals surface area contributed by atoms with Crippen molar-refractivity contribution in [2.24, 2.45) is 23.7 Å². The van der Waals surface area contributed by atoms with Gasteiger partial charge in [0.1, 0.15) is 0 Å². The minimum absolute atomic E-state index is 0.188. The zero-order chi connectivity index (χ0) is 19.7. The minimum Gasteiger partial charge on any atom is -0.353 e. The largest absolute Gasteiger partial charge is 0.353 e. The quantitative estimate of drug-likeness (QED) is 0.868. The number of carbonyl (C=O) groups is 1. The molecule has 0 radical (unpaired) electrons. The summed E-state index contributed by atoms with van der Waals surface area (Å²) in [6.07, 6.45) is 7.87. The molecule has 2 aromatic rings. The van der Waals surface area contributed by atoms with E-state index in [1.165, 1.54) is 0 Å². The maximum atomic E-state index is 11.9. The molecule has 0 unspecified atom stereocenters. The van der Waals surface area contributed by atoms with Gasteiger partial charge in [-0.25, -0.2) is 0 Å². The second kappa shape index (κ2) is 7.59. The Morgan fingerprint density at radius 3 is 2.79 bits per heavy atom. The van der Waals surface area contributed by atoms with E-state index in [0.29, 0.717) is 41.7 Å². The van der Waals surface area contributed by atoms with Gasteiger partial charge in [-0.3, -0.25) is 9.78 Å². The average Bonchev–Trinajstić information content (AvgIpc) is 3.08. The summed E-state index contributed by atoms with van der Waals surface area (Å²) in [4.78, 5) is 16.5. The number of pyridine rings is 1.